The molecule has 1 N–H and O–H groups in total. The van der Waals surface area contributed by atoms with E-state index in [-0.39, 0.29) is 28.8 Å². The van der Waals surface area contributed by atoms with E-state index < -0.39 is 23.4 Å². The van der Waals surface area contributed by atoms with E-state index in [0.717, 1.165) is 49.5 Å². The average Bonchev–Trinajstić information content (AvgIpc) is 3.39. The molecule has 0 radical (unpaired) electrons. The standard InChI is InChI=1S/C33H40F3N3O4S/c1-21-23(8-6-11-27(21)42-19-7-15-38-16-12-22(40)13-17-38)24-9-5-10-25(29(24)33(34,35)36)30-37-26-14-18-39(20-28(26)44-30)31(41)43-32(2,3)4/h5-6,8-11,22,40H,7,12-20H2,1-4H3. The third kappa shape index (κ3) is 7.55. The number of rotatable bonds is 7. The molecule has 2 aromatic carbocycles. The number of carbonyl (C=O) groups excluding carboxylic acids is 1. The number of fused-ring (bicyclic) bond motifs is 1. The quantitative estimate of drug-likeness (QED) is 0.276. The van der Waals surface area contributed by atoms with Crippen LogP contribution in [0.4, 0.5) is 18.0 Å². The molecule has 0 bridgehead atoms. The number of carbonyl (C=O) groups is 1. The van der Waals surface area contributed by atoms with Gasteiger partial charge in [0, 0.05) is 43.0 Å². The molecule has 5 rings (SSSR count). The van der Waals surface area contributed by atoms with Crippen molar-refractivity contribution in [1.29, 1.82) is 0 Å². The Kier molecular flexibility index (Phi) is 9.58. The maximum atomic E-state index is 14.8. The first-order valence-electron chi connectivity index (χ1n) is 15.1. The van der Waals surface area contributed by atoms with Crippen LogP contribution in [0.3, 0.4) is 0 Å². The monoisotopic (exact) mass is 631 g/mol. The van der Waals surface area contributed by atoms with Gasteiger partial charge in [0.2, 0.25) is 0 Å². The van der Waals surface area contributed by atoms with Gasteiger partial charge in [-0.1, -0.05) is 30.3 Å². The van der Waals surface area contributed by atoms with Crippen molar-refractivity contribution < 1.29 is 32.5 Å². The smallest absolute Gasteiger partial charge is 0.417 e. The molecule has 238 valence electrons. The minimum atomic E-state index is -4.63. The Bertz CT molecular complexity index is 1480. The number of hydrogen-bond donors (Lipinski definition) is 1. The molecule has 0 atom stereocenters. The predicted octanol–water partition coefficient (Wildman–Crippen LogP) is 7.32. The van der Waals surface area contributed by atoms with Crippen molar-refractivity contribution in [2.75, 3.05) is 32.8 Å². The average molecular weight is 632 g/mol. The van der Waals surface area contributed by atoms with Gasteiger partial charge in [-0.15, -0.1) is 11.3 Å². The Balaban J connectivity index is 1.38. The first kappa shape index (κ1) is 32.2. The number of piperidine rings is 1. The fourth-order valence-electron chi connectivity index (χ4n) is 5.73. The maximum absolute atomic E-state index is 14.8. The fourth-order valence-corrected chi connectivity index (χ4v) is 6.88. The van der Waals surface area contributed by atoms with Crippen molar-refractivity contribution in [3.05, 3.63) is 58.1 Å². The molecular formula is C33H40F3N3O4S. The topological polar surface area (TPSA) is 75.1 Å². The van der Waals surface area contributed by atoms with Gasteiger partial charge in [0.05, 0.1) is 30.5 Å². The van der Waals surface area contributed by atoms with Crippen LogP contribution >= 0.6 is 11.3 Å². The number of aromatic nitrogens is 1. The zero-order chi connectivity index (χ0) is 31.6. The molecule has 0 saturated carbocycles. The molecular weight excluding hydrogens is 591 g/mol. The van der Waals surface area contributed by atoms with Crippen molar-refractivity contribution in [1.82, 2.24) is 14.8 Å². The third-order valence-corrected chi connectivity index (χ3v) is 9.08. The van der Waals surface area contributed by atoms with Crippen molar-refractivity contribution in [3.63, 3.8) is 0 Å². The number of hydrogen-bond acceptors (Lipinski definition) is 7. The van der Waals surface area contributed by atoms with E-state index in [1.54, 1.807) is 56.9 Å². The van der Waals surface area contributed by atoms with Gasteiger partial charge in [-0.05, 0) is 69.7 Å². The molecule has 11 heteroatoms. The van der Waals surface area contributed by atoms with Crippen LogP contribution in [0.15, 0.2) is 36.4 Å². The fraction of sp³-hybridized carbons (Fsp3) is 0.515. The number of halogens is 3. The van der Waals surface area contributed by atoms with Crippen LogP contribution in [0.2, 0.25) is 0 Å². The minimum Gasteiger partial charge on any atom is -0.493 e. The van der Waals surface area contributed by atoms with Crippen LogP contribution in [-0.2, 0) is 23.9 Å². The van der Waals surface area contributed by atoms with E-state index in [2.05, 4.69) is 9.88 Å². The van der Waals surface area contributed by atoms with Gasteiger partial charge in [0.25, 0.3) is 0 Å². The highest BCUT2D eigenvalue weighted by atomic mass is 32.1. The van der Waals surface area contributed by atoms with E-state index >= 15 is 0 Å². The highest BCUT2D eigenvalue weighted by Gasteiger charge is 2.38. The number of thiazole rings is 1. The lowest BCUT2D eigenvalue weighted by Crippen LogP contribution is -2.39. The van der Waals surface area contributed by atoms with Crippen LogP contribution in [0.25, 0.3) is 21.7 Å². The molecule has 2 aliphatic rings. The highest BCUT2D eigenvalue weighted by Crippen LogP contribution is 2.46. The Morgan fingerprint density at radius 1 is 1.05 bits per heavy atom. The van der Waals surface area contributed by atoms with Gasteiger partial charge in [0.15, 0.2) is 0 Å². The van der Waals surface area contributed by atoms with Gasteiger partial charge in [-0.2, -0.15) is 13.2 Å². The highest BCUT2D eigenvalue weighted by molar-refractivity contribution is 7.15. The second-order valence-corrected chi connectivity index (χ2v) is 13.6. The molecule has 0 aliphatic carbocycles. The molecule has 44 heavy (non-hydrogen) atoms. The summed E-state index contributed by atoms with van der Waals surface area (Å²) >= 11 is 1.19. The molecule has 0 spiro atoms. The Labute approximate surface area is 260 Å². The number of aliphatic hydroxyl groups is 1. The summed E-state index contributed by atoms with van der Waals surface area (Å²) in [6.07, 6.45) is -2.52. The predicted molar refractivity (Wildman–Crippen MR) is 165 cm³/mol. The lowest BCUT2D eigenvalue weighted by atomic mass is 9.92. The summed E-state index contributed by atoms with van der Waals surface area (Å²) in [5.74, 6) is 0.557. The minimum absolute atomic E-state index is 0.0237. The SMILES string of the molecule is Cc1c(OCCCN2CCC(O)CC2)cccc1-c1cccc(-c2nc3c(s2)CN(C(=O)OC(C)(C)C)CC3)c1C(F)(F)F. The van der Waals surface area contributed by atoms with E-state index in [9.17, 15) is 23.1 Å². The van der Waals surface area contributed by atoms with E-state index in [1.165, 1.54) is 23.5 Å². The van der Waals surface area contributed by atoms with Gasteiger partial charge in [0.1, 0.15) is 16.4 Å². The number of alkyl halides is 3. The second-order valence-electron chi connectivity index (χ2n) is 12.5. The van der Waals surface area contributed by atoms with Crippen LogP contribution < -0.4 is 4.74 Å². The zero-order valence-corrected chi connectivity index (χ0v) is 26.5. The molecule has 1 fully saturated rings. The largest absolute Gasteiger partial charge is 0.493 e. The lowest BCUT2D eigenvalue weighted by molar-refractivity contribution is -0.136. The maximum Gasteiger partial charge on any atom is 0.417 e. The third-order valence-electron chi connectivity index (χ3n) is 7.97. The number of likely N-dealkylation sites (tertiary alicyclic amines) is 1. The van der Waals surface area contributed by atoms with E-state index in [4.69, 9.17) is 9.47 Å². The van der Waals surface area contributed by atoms with Gasteiger partial charge in [-0.3, -0.25) is 0 Å². The van der Waals surface area contributed by atoms with E-state index in [1.807, 2.05) is 0 Å². The molecule has 7 nitrogen and oxygen atoms in total. The molecule has 2 aliphatic heterocycles. The number of ether oxygens (including phenoxy) is 2. The van der Waals surface area contributed by atoms with Crippen LogP contribution in [0, 0.1) is 6.92 Å². The molecule has 1 amide bonds. The van der Waals surface area contributed by atoms with Gasteiger partial charge in [-0.25, -0.2) is 9.78 Å². The molecule has 0 unspecified atom stereocenters. The molecule has 3 heterocycles. The van der Waals surface area contributed by atoms with Crippen molar-refractivity contribution in [2.24, 2.45) is 0 Å². The summed E-state index contributed by atoms with van der Waals surface area (Å²) in [7, 11) is 0. The lowest BCUT2D eigenvalue weighted by Gasteiger charge is -2.29. The number of benzene rings is 2. The molecule has 3 aromatic rings. The van der Waals surface area contributed by atoms with Gasteiger partial charge >= 0.3 is 12.3 Å². The van der Waals surface area contributed by atoms with Crippen LogP contribution in [0.1, 0.15) is 61.7 Å². The number of aliphatic hydroxyl groups excluding tert-OH is 1. The first-order chi connectivity index (χ1) is 20.8. The Morgan fingerprint density at radius 3 is 2.43 bits per heavy atom. The number of nitrogens with zero attached hydrogens (tertiary/aromatic N) is 3. The summed E-state index contributed by atoms with van der Waals surface area (Å²) in [5, 5.41) is 9.99. The number of amides is 1. The molecule has 1 aromatic heterocycles. The summed E-state index contributed by atoms with van der Waals surface area (Å²) in [4.78, 5) is 21.9. The van der Waals surface area contributed by atoms with Crippen molar-refractivity contribution in [3.8, 4) is 27.4 Å². The Hall–Kier alpha value is -3.15. The zero-order valence-electron chi connectivity index (χ0n) is 25.7. The Morgan fingerprint density at radius 2 is 1.73 bits per heavy atom. The van der Waals surface area contributed by atoms with Crippen LogP contribution in [-0.4, -0.2) is 70.5 Å². The van der Waals surface area contributed by atoms with Crippen molar-refractivity contribution >= 4 is 17.4 Å². The summed E-state index contributed by atoms with van der Waals surface area (Å²) in [6.45, 7) is 10.8. The van der Waals surface area contributed by atoms with Gasteiger partial charge < -0.3 is 24.4 Å². The summed E-state index contributed by atoms with van der Waals surface area (Å²) in [6, 6.07) is 9.82. The van der Waals surface area contributed by atoms with Crippen molar-refractivity contribution in [2.45, 2.75) is 77.8 Å². The first-order valence-corrected chi connectivity index (χ1v) is 15.9. The summed E-state index contributed by atoms with van der Waals surface area (Å²) < 4.78 is 56.0. The normalized spacial score (nSPS) is 16.6. The molecule has 1 saturated heterocycles. The second kappa shape index (κ2) is 13.1. The summed E-state index contributed by atoms with van der Waals surface area (Å²) in [5.41, 5.74) is 0.543. The van der Waals surface area contributed by atoms with Crippen LogP contribution in [0.5, 0.6) is 5.75 Å². The van der Waals surface area contributed by atoms with E-state index in [0.29, 0.717) is 36.4 Å².